The molecule has 0 saturated carbocycles. The minimum atomic E-state index is -1.33. The fourth-order valence-electron chi connectivity index (χ4n) is 2.83. The number of nitrogens with zero attached hydrogens (tertiary/aromatic N) is 6. The smallest absolute Gasteiger partial charge is 0.450 e. The van der Waals surface area contributed by atoms with Crippen molar-refractivity contribution < 1.29 is 19.6 Å². The van der Waals surface area contributed by atoms with Crippen molar-refractivity contribution in [3.05, 3.63) is 40.6 Å². The van der Waals surface area contributed by atoms with Crippen molar-refractivity contribution >= 4 is 39.0 Å². The third kappa shape index (κ3) is 7.63. The van der Waals surface area contributed by atoms with Gasteiger partial charge in [-0.1, -0.05) is 19.8 Å². The van der Waals surface area contributed by atoms with E-state index in [9.17, 15) is 14.9 Å². The molecule has 0 saturated heterocycles. The normalized spacial score (nSPS) is 11.7. The van der Waals surface area contributed by atoms with Gasteiger partial charge >= 0.3 is 11.2 Å². The number of nitriles is 1. The lowest BCUT2D eigenvalue weighted by atomic mass is 10.1. The Morgan fingerprint density at radius 2 is 2.16 bits per heavy atom. The number of hydrogen-bond acceptors (Lipinski definition) is 10. The molecular formula is C19H22N6O5S. The van der Waals surface area contributed by atoms with Crippen LogP contribution in [0.15, 0.2) is 40.7 Å². The van der Waals surface area contributed by atoms with E-state index in [1.807, 2.05) is 11.8 Å². The van der Waals surface area contributed by atoms with Gasteiger partial charge < -0.3 is 14.7 Å². The van der Waals surface area contributed by atoms with Gasteiger partial charge in [-0.15, -0.1) is 10.2 Å². The van der Waals surface area contributed by atoms with Gasteiger partial charge in [-0.25, -0.2) is 9.78 Å². The van der Waals surface area contributed by atoms with Crippen molar-refractivity contribution in [2.75, 3.05) is 18.1 Å². The fourth-order valence-corrected chi connectivity index (χ4v) is 3.38. The molecule has 0 aliphatic heterocycles. The topological polar surface area (TPSA) is 154 Å². The molecule has 11 nitrogen and oxygen atoms in total. The van der Waals surface area contributed by atoms with Crippen LogP contribution in [0, 0.1) is 21.4 Å². The molecule has 2 rings (SSSR count). The molecule has 1 heterocycles. The van der Waals surface area contributed by atoms with Gasteiger partial charge in [0.1, 0.15) is 12.8 Å². The summed E-state index contributed by atoms with van der Waals surface area (Å²) in [6, 6.07) is 8.95. The van der Waals surface area contributed by atoms with Gasteiger partial charge in [0.05, 0.1) is 29.1 Å². The number of anilines is 1. The Hall–Kier alpha value is -3.59. The number of rotatable bonds is 12. The van der Waals surface area contributed by atoms with Gasteiger partial charge in [0.2, 0.25) is 5.13 Å². The van der Waals surface area contributed by atoms with E-state index < -0.39 is 11.1 Å². The molecule has 31 heavy (non-hydrogen) atoms. The highest BCUT2D eigenvalue weighted by atomic mass is 32.1. The summed E-state index contributed by atoms with van der Waals surface area (Å²) in [5.74, 6) is 0. The lowest BCUT2D eigenvalue weighted by Gasteiger charge is -2.33. The lowest BCUT2D eigenvalue weighted by molar-refractivity contribution is -0.380. The minimum absolute atomic E-state index is 0.00501. The Kier molecular flexibility index (Phi) is 9.31. The van der Waals surface area contributed by atoms with E-state index in [4.69, 9.17) is 15.1 Å². The average molecular weight is 446 g/mol. The van der Waals surface area contributed by atoms with Gasteiger partial charge in [-0.05, 0) is 42.0 Å². The third-order valence-corrected chi connectivity index (χ3v) is 5.12. The Morgan fingerprint density at radius 3 is 2.74 bits per heavy atom. The van der Waals surface area contributed by atoms with Crippen LogP contribution in [0.4, 0.5) is 26.3 Å². The summed E-state index contributed by atoms with van der Waals surface area (Å²) in [6.45, 7) is 2.48. The molecule has 0 aliphatic carbocycles. The van der Waals surface area contributed by atoms with Crippen LogP contribution in [-0.4, -0.2) is 40.4 Å². The Morgan fingerprint density at radius 1 is 1.42 bits per heavy atom. The van der Waals surface area contributed by atoms with E-state index in [0.717, 1.165) is 42.5 Å². The van der Waals surface area contributed by atoms with Crippen LogP contribution in [0.2, 0.25) is 0 Å². The molecule has 0 amide bonds. The van der Waals surface area contributed by atoms with Crippen LogP contribution in [0.5, 0.6) is 0 Å². The highest BCUT2D eigenvalue weighted by Crippen LogP contribution is 2.29. The molecule has 1 unspecified atom stereocenters. The Bertz CT molecular complexity index is 940. The number of aromatic nitrogens is 1. The summed E-state index contributed by atoms with van der Waals surface area (Å²) in [5.41, 5.74) is 1.32. The summed E-state index contributed by atoms with van der Waals surface area (Å²) < 4.78 is 4.82. The van der Waals surface area contributed by atoms with Crippen molar-refractivity contribution in [2.24, 2.45) is 10.2 Å². The van der Waals surface area contributed by atoms with Crippen LogP contribution in [0.1, 0.15) is 32.6 Å². The average Bonchev–Trinajstić information content (AvgIpc) is 3.24. The second kappa shape index (κ2) is 12.2. The van der Waals surface area contributed by atoms with Crippen molar-refractivity contribution in [2.45, 2.75) is 38.6 Å². The first-order chi connectivity index (χ1) is 14.9. The third-order valence-electron chi connectivity index (χ3n) is 4.29. The number of azo groups is 1. The zero-order valence-electron chi connectivity index (χ0n) is 16.9. The molecule has 0 bridgehead atoms. The van der Waals surface area contributed by atoms with E-state index in [1.54, 1.807) is 24.3 Å². The number of unbranched alkanes of at least 4 members (excludes halogenated alkanes) is 1. The summed E-state index contributed by atoms with van der Waals surface area (Å²) in [6.07, 6.45) is 2.64. The number of benzene rings is 1. The van der Waals surface area contributed by atoms with Gasteiger partial charge in [-0.3, -0.25) is 10.1 Å². The maximum Gasteiger partial charge on any atom is 0.505 e. The van der Waals surface area contributed by atoms with E-state index in [1.165, 1.54) is 0 Å². The number of hydrogen-bond donors (Lipinski definition) is 1. The van der Waals surface area contributed by atoms with Gasteiger partial charge in [0.25, 0.3) is 0 Å². The summed E-state index contributed by atoms with van der Waals surface area (Å²) in [5, 5.41) is 36.6. The molecule has 12 heteroatoms. The fraction of sp³-hybridized carbons (Fsp3) is 0.421. The molecule has 1 aromatic heterocycles. The lowest BCUT2D eigenvalue weighted by Crippen LogP contribution is -2.40. The molecule has 0 fully saturated rings. The number of carbonyl (C=O) groups is 1. The number of thiazole rings is 1. The van der Waals surface area contributed by atoms with Crippen LogP contribution in [0.3, 0.4) is 0 Å². The molecule has 0 aliphatic rings. The van der Waals surface area contributed by atoms with Crippen molar-refractivity contribution in [3.63, 3.8) is 0 Å². The monoisotopic (exact) mass is 446 g/mol. The van der Waals surface area contributed by atoms with Gasteiger partial charge in [0.15, 0.2) is 0 Å². The standard InChI is InChI=1S/C19H22N6O5S/c1-2-3-5-16(13-30-19(26)27)24(11-4-10-20)15-8-6-14(7-9-15)22-23-18-21-12-17(31-18)25(28)29/h6-9,12,16H,2-5,11,13H2,1H3,(H,26,27). The molecule has 1 aromatic carbocycles. The zero-order chi connectivity index (χ0) is 22.6. The first-order valence-corrected chi connectivity index (χ1v) is 10.4. The van der Waals surface area contributed by atoms with Crippen LogP contribution in [-0.2, 0) is 4.74 Å². The molecule has 1 atom stereocenters. The SMILES string of the molecule is CCCCC(COC(=O)O)N(CCC#N)c1ccc(N=Nc2ncc([N+](=O)[O-])s2)cc1. The van der Waals surface area contributed by atoms with E-state index in [-0.39, 0.29) is 29.2 Å². The molecule has 1 N–H and O–H groups in total. The first kappa shape index (κ1) is 23.7. The molecule has 0 spiro atoms. The first-order valence-electron chi connectivity index (χ1n) is 9.56. The minimum Gasteiger partial charge on any atom is -0.450 e. The van der Waals surface area contributed by atoms with Crippen molar-refractivity contribution in [1.82, 2.24) is 4.98 Å². The summed E-state index contributed by atoms with van der Waals surface area (Å²) in [4.78, 5) is 26.8. The number of nitro groups is 1. The maximum atomic E-state index is 10.9. The molecule has 0 radical (unpaired) electrons. The van der Waals surface area contributed by atoms with E-state index >= 15 is 0 Å². The molecule has 164 valence electrons. The Labute approximate surface area is 182 Å². The summed E-state index contributed by atoms with van der Waals surface area (Å²) >= 11 is 0.825. The molecule has 2 aromatic rings. The predicted molar refractivity (Wildman–Crippen MR) is 114 cm³/mol. The molecular weight excluding hydrogens is 424 g/mol. The largest absolute Gasteiger partial charge is 0.505 e. The Balaban J connectivity index is 2.17. The zero-order valence-corrected chi connectivity index (χ0v) is 17.7. The highest BCUT2D eigenvalue weighted by Gasteiger charge is 2.20. The summed E-state index contributed by atoms with van der Waals surface area (Å²) in [7, 11) is 0. The van der Waals surface area contributed by atoms with Crippen LogP contribution >= 0.6 is 11.3 Å². The predicted octanol–water partition coefficient (Wildman–Crippen LogP) is 5.44. The van der Waals surface area contributed by atoms with E-state index in [0.29, 0.717) is 12.2 Å². The van der Waals surface area contributed by atoms with Gasteiger partial charge in [0, 0.05) is 12.2 Å². The quantitative estimate of drug-likeness (QED) is 0.195. The van der Waals surface area contributed by atoms with Gasteiger partial charge in [-0.2, -0.15) is 5.26 Å². The van der Waals surface area contributed by atoms with Crippen LogP contribution in [0.25, 0.3) is 0 Å². The number of ether oxygens (including phenoxy) is 1. The van der Waals surface area contributed by atoms with Crippen LogP contribution < -0.4 is 4.90 Å². The van der Waals surface area contributed by atoms with Crippen molar-refractivity contribution in [3.8, 4) is 6.07 Å². The second-order valence-corrected chi connectivity index (χ2v) is 7.42. The van der Waals surface area contributed by atoms with Crippen molar-refractivity contribution in [1.29, 1.82) is 5.26 Å². The second-order valence-electron chi connectivity index (χ2n) is 6.43. The highest BCUT2D eigenvalue weighted by molar-refractivity contribution is 7.18. The maximum absolute atomic E-state index is 10.9. The van der Waals surface area contributed by atoms with E-state index in [2.05, 4.69) is 21.3 Å². The number of carboxylic acid groups (broad SMARTS) is 1.